The molecule has 1 aliphatic carbocycles. The van der Waals surface area contributed by atoms with Crippen LogP contribution in [0.2, 0.25) is 39.3 Å². The zero-order valence-electron chi connectivity index (χ0n) is 11.2. The van der Waals surface area contributed by atoms with E-state index in [0.717, 1.165) is 10.4 Å². The van der Waals surface area contributed by atoms with Crippen molar-refractivity contribution in [2.45, 2.75) is 39.3 Å². The lowest BCUT2D eigenvalue weighted by Gasteiger charge is -2.19. The van der Waals surface area contributed by atoms with Crippen molar-refractivity contribution in [1.82, 2.24) is 0 Å². The van der Waals surface area contributed by atoms with Crippen molar-refractivity contribution in [2.75, 3.05) is 0 Å². The van der Waals surface area contributed by atoms with Crippen LogP contribution in [0.1, 0.15) is 0 Å². The van der Waals surface area contributed by atoms with Crippen LogP contribution in [0.5, 0.6) is 0 Å². The molecule has 0 spiro atoms. The van der Waals surface area contributed by atoms with E-state index in [1.165, 1.54) is 0 Å². The van der Waals surface area contributed by atoms with Crippen LogP contribution in [0.3, 0.4) is 0 Å². The summed E-state index contributed by atoms with van der Waals surface area (Å²) in [6.45, 7) is 12.1. The highest BCUT2D eigenvalue weighted by atomic mass is 28.3. The van der Waals surface area contributed by atoms with Gasteiger partial charge in [-0.2, -0.15) is 0 Å². The van der Waals surface area contributed by atoms with Crippen molar-refractivity contribution < 1.29 is 19.8 Å². The second kappa shape index (κ2) is 3.55. The smallest absolute Gasteiger partial charge is 0.328 e. The minimum absolute atomic E-state index is 0.740. The Morgan fingerprint density at radius 1 is 0.824 bits per heavy atom. The zero-order chi connectivity index (χ0) is 13.8. The molecule has 0 saturated heterocycles. The fraction of sp³-hybridized carbons (Fsp3) is 0.636. The summed E-state index contributed by atoms with van der Waals surface area (Å²) in [5, 5.41) is 20.2. The summed E-state index contributed by atoms with van der Waals surface area (Å²) in [5.74, 6) is -2.42. The number of hydrogen-bond acceptors (Lipinski definition) is 2. The van der Waals surface area contributed by atoms with Crippen LogP contribution in [0.25, 0.3) is 0 Å². The molecule has 4 nitrogen and oxygen atoms in total. The van der Waals surface area contributed by atoms with Gasteiger partial charge in [-0.25, -0.2) is 0 Å². The van der Waals surface area contributed by atoms with E-state index in [1.54, 1.807) is 0 Å². The molecule has 0 unspecified atom stereocenters. The minimum Gasteiger partial charge on any atom is -0.480 e. The zero-order valence-corrected chi connectivity index (χ0v) is 13.2. The molecule has 0 amide bonds. The molecule has 6 heteroatoms. The van der Waals surface area contributed by atoms with Crippen molar-refractivity contribution in [3.63, 3.8) is 0 Å². The van der Waals surface area contributed by atoms with Gasteiger partial charge in [0.2, 0.25) is 0 Å². The summed E-state index contributed by atoms with van der Waals surface area (Å²) in [5.41, 5.74) is -1.66. The van der Waals surface area contributed by atoms with E-state index < -0.39 is 33.5 Å². The molecule has 0 fully saturated rings. The van der Waals surface area contributed by atoms with E-state index in [-0.39, 0.29) is 0 Å². The normalized spacial score (nSPS) is 19.2. The van der Waals surface area contributed by atoms with Gasteiger partial charge in [0.1, 0.15) is 0 Å². The predicted molar refractivity (Wildman–Crippen MR) is 71.4 cm³/mol. The van der Waals surface area contributed by atoms with Gasteiger partial charge >= 0.3 is 11.9 Å². The molecular formula is C11H20O4Si2. The van der Waals surface area contributed by atoms with Crippen LogP contribution in [0, 0.1) is 5.41 Å². The number of rotatable bonds is 4. The molecule has 0 heterocycles. The Hall–Kier alpha value is -0.886. The maximum absolute atomic E-state index is 11.5. The Labute approximate surface area is 103 Å². The van der Waals surface area contributed by atoms with Crippen LogP contribution < -0.4 is 0 Å². The van der Waals surface area contributed by atoms with Crippen LogP contribution >= 0.6 is 0 Å². The minimum atomic E-state index is -1.90. The van der Waals surface area contributed by atoms with E-state index in [2.05, 4.69) is 0 Å². The topological polar surface area (TPSA) is 74.6 Å². The largest absolute Gasteiger partial charge is 0.480 e. The van der Waals surface area contributed by atoms with E-state index in [1.807, 2.05) is 39.3 Å². The summed E-state index contributed by atoms with van der Waals surface area (Å²) in [6, 6.07) is 0. The summed E-state index contributed by atoms with van der Waals surface area (Å²) in [7, 11) is -3.81. The number of hydrogen-bond donors (Lipinski definition) is 2. The van der Waals surface area contributed by atoms with Crippen LogP contribution in [-0.2, 0) is 9.59 Å². The first kappa shape index (κ1) is 14.2. The quantitative estimate of drug-likeness (QED) is 0.608. The molecule has 1 rings (SSSR count). The molecule has 17 heavy (non-hydrogen) atoms. The lowest BCUT2D eigenvalue weighted by Crippen LogP contribution is -2.38. The first-order valence-electron chi connectivity index (χ1n) is 5.61. The third-order valence-electron chi connectivity index (χ3n) is 3.08. The molecule has 0 saturated carbocycles. The Morgan fingerprint density at radius 2 is 1.06 bits per heavy atom. The van der Waals surface area contributed by atoms with Gasteiger partial charge in [-0.05, 0) is 0 Å². The predicted octanol–water partition coefficient (Wildman–Crippen LogP) is 2.21. The van der Waals surface area contributed by atoms with Gasteiger partial charge in [0, 0.05) is 0 Å². The highest BCUT2D eigenvalue weighted by molar-refractivity contribution is 6.94. The van der Waals surface area contributed by atoms with Crippen LogP contribution in [0.15, 0.2) is 10.4 Å². The SMILES string of the molecule is C[Si](C)(C)C1=C([Si](C)(C)C)C1(C(=O)O)C(=O)O. The molecule has 96 valence electrons. The van der Waals surface area contributed by atoms with Gasteiger partial charge in [0.05, 0.1) is 16.1 Å². The van der Waals surface area contributed by atoms with Gasteiger partial charge in [0.25, 0.3) is 0 Å². The van der Waals surface area contributed by atoms with Gasteiger partial charge in [-0.3, -0.25) is 9.59 Å². The fourth-order valence-corrected chi connectivity index (χ4v) is 9.73. The molecule has 2 N–H and O–H groups in total. The maximum Gasteiger partial charge on any atom is 0.328 e. The summed E-state index contributed by atoms with van der Waals surface area (Å²) in [6.07, 6.45) is 0. The second-order valence-electron chi connectivity index (χ2n) is 6.61. The van der Waals surface area contributed by atoms with Gasteiger partial charge < -0.3 is 10.2 Å². The summed E-state index contributed by atoms with van der Waals surface area (Å²) >= 11 is 0. The first-order chi connectivity index (χ1) is 7.37. The first-order valence-corrected chi connectivity index (χ1v) is 12.6. The molecule has 0 radical (unpaired) electrons. The van der Waals surface area contributed by atoms with Crippen LogP contribution in [-0.4, -0.2) is 38.3 Å². The van der Waals surface area contributed by atoms with Gasteiger partial charge in [-0.15, -0.1) is 0 Å². The standard InChI is InChI=1S/C11H20O4Si2/c1-16(2,3)7-8(17(4,5)6)11(7,9(12)13)10(14)15/h1-6H3,(H,12,13)(H,14,15). The summed E-state index contributed by atoms with van der Waals surface area (Å²) < 4.78 is 0. The van der Waals surface area contributed by atoms with Crippen molar-refractivity contribution in [1.29, 1.82) is 0 Å². The molecule has 0 aromatic rings. The van der Waals surface area contributed by atoms with Crippen molar-refractivity contribution in [2.24, 2.45) is 5.41 Å². The fourth-order valence-electron chi connectivity index (χ4n) is 2.68. The van der Waals surface area contributed by atoms with E-state index in [0.29, 0.717) is 0 Å². The highest BCUT2D eigenvalue weighted by Gasteiger charge is 2.70. The van der Waals surface area contributed by atoms with E-state index >= 15 is 0 Å². The number of aliphatic carboxylic acids is 2. The van der Waals surface area contributed by atoms with Crippen LogP contribution in [0.4, 0.5) is 0 Å². The molecule has 0 bridgehead atoms. The molecule has 1 aliphatic rings. The molecule has 0 aromatic heterocycles. The second-order valence-corrected chi connectivity index (χ2v) is 16.6. The van der Waals surface area contributed by atoms with E-state index in [9.17, 15) is 19.8 Å². The average molecular weight is 272 g/mol. The van der Waals surface area contributed by atoms with Crippen molar-refractivity contribution in [3.05, 3.63) is 10.4 Å². The third-order valence-corrected chi connectivity index (χ3v) is 7.58. The van der Waals surface area contributed by atoms with Gasteiger partial charge in [0.15, 0.2) is 5.41 Å². The number of carboxylic acids is 2. The summed E-state index contributed by atoms with van der Waals surface area (Å²) in [4.78, 5) is 22.9. The van der Waals surface area contributed by atoms with E-state index in [4.69, 9.17) is 0 Å². The lowest BCUT2D eigenvalue weighted by molar-refractivity contribution is -0.155. The van der Waals surface area contributed by atoms with Crippen molar-refractivity contribution >= 4 is 28.1 Å². The number of carboxylic acid groups (broad SMARTS) is 2. The lowest BCUT2D eigenvalue weighted by atomic mass is 10.1. The molecule has 0 aromatic carbocycles. The molecule has 0 aliphatic heterocycles. The Morgan fingerprint density at radius 3 is 1.12 bits per heavy atom. The van der Waals surface area contributed by atoms with Gasteiger partial charge in [-0.1, -0.05) is 49.7 Å². The maximum atomic E-state index is 11.5. The monoisotopic (exact) mass is 272 g/mol. The number of carbonyl (C=O) groups is 2. The average Bonchev–Trinajstić information content (AvgIpc) is 2.70. The third kappa shape index (κ3) is 1.89. The Balaban J connectivity index is 3.43. The molecule has 0 atom stereocenters. The highest BCUT2D eigenvalue weighted by Crippen LogP contribution is 2.60. The Bertz CT molecular complexity index is 384. The van der Waals surface area contributed by atoms with Crippen molar-refractivity contribution in [3.8, 4) is 0 Å². The Kier molecular flexibility index (Phi) is 2.96. The molecular weight excluding hydrogens is 252 g/mol.